The maximum atomic E-state index is 13.5. The third-order valence-corrected chi connectivity index (χ3v) is 6.91. The topological polar surface area (TPSA) is 68.3 Å². The van der Waals surface area contributed by atoms with Crippen molar-refractivity contribution < 1.29 is 14.3 Å². The maximum Gasteiger partial charge on any atom is 0.337 e. The van der Waals surface area contributed by atoms with Gasteiger partial charge in [0.15, 0.2) is 5.78 Å². The fraction of sp³-hybridized carbons (Fsp3) is 0.370. The van der Waals surface area contributed by atoms with Crippen molar-refractivity contribution in [3.8, 4) is 0 Å². The van der Waals surface area contributed by atoms with Gasteiger partial charge < -0.3 is 10.1 Å². The molecule has 0 saturated heterocycles. The van der Waals surface area contributed by atoms with Gasteiger partial charge in [-0.1, -0.05) is 36.4 Å². The molecule has 0 spiro atoms. The van der Waals surface area contributed by atoms with Crippen LogP contribution in [0.3, 0.4) is 0 Å². The number of Topliss-reactive ketones (excluding diaryl/α,β-unsaturated/α-hetero) is 1. The number of rotatable bonds is 4. The van der Waals surface area contributed by atoms with Crippen molar-refractivity contribution in [2.45, 2.75) is 63.4 Å². The second-order valence-corrected chi connectivity index (χ2v) is 9.03. The predicted molar refractivity (Wildman–Crippen MR) is 122 cm³/mol. The van der Waals surface area contributed by atoms with E-state index >= 15 is 0 Å². The van der Waals surface area contributed by atoms with Crippen LogP contribution in [0.4, 0.5) is 0 Å². The summed E-state index contributed by atoms with van der Waals surface area (Å²) >= 11 is 0. The van der Waals surface area contributed by atoms with Crippen molar-refractivity contribution >= 4 is 11.8 Å². The first-order chi connectivity index (χ1) is 15.6. The molecule has 1 aromatic carbocycles. The predicted octanol–water partition coefficient (Wildman–Crippen LogP) is 4.93. The van der Waals surface area contributed by atoms with E-state index in [1.165, 1.54) is 5.56 Å². The highest BCUT2D eigenvalue weighted by Crippen LogP contribution is 2.45. The summed E-state index contributed by atoms with van der Waals surface area (Å²) in [7, 11) is 0. The number of hydrogen-bond donors (Lipinski definition) is 1. The van der Waals surface area contributed by atoms with Crippen LogP contribution in [0.5, 0.6) is 0 Å². The quantitative estimate of drug-likeness (QED) is 0.700. The molecule has 0 radical (unpaired) electrons. The Labute approximate surface area is 188 Å². The molecule has 2 atom stereocenters. The van der Waals surface area contributed by atoms with Crippen molar-refractivity contribution in [3.63, 3.8) is 0 Å². The molecular formula is C27H28N2O3. The molecule has 164 valence electrons. The van der Waals surface area contributed by atoms with Crippen LogP contribution in [-0.4, -0.2) is 22.8 Å². The average Bonchev–Trinajstić information content (AvgIpc) is 3.32. The summed E-state index contributed by atoms with van der Waals surface area (Å²) in [5.74, 6) is -0.553. The number of ketones is 1. The minimum absolute atomic E-state index is 0.0303. The molecule has 5 nitrogen and oxygen atoms in total. The Hall–Kier alpha value is -3.21. The van der Waals surface area contributed by atoms with Crippen LogP contribution in [0.25, 0.3) is 0 Å². The molecule has 5 rings (SSSR count). The number of carbonyl (C=O) groups excluding carboxylic acids is 2. The van der Waals surface area contributed by atoms with Gasteiger partial charge in [0.2, 0.25) is 0 Å². The number of nitrogens with one attached hydrogen (secondary N) is 1. The lowest BCUT2D eigenvalue weighted by atomic mass is 9.72. The zero-order valence-electron chi connectivity index (χ0n) is 18.3. The molecule has 1 aromatic heterocycles. The largest absolute Gasteiger partial charge is 0.459 e. The highest BCUT2D eigenvalue weighted by atomic mass is 16.5. The number of dihydropyridines is 1. The van der Waals surface area contributed by atoms with Gasteiger partial charge in [0, 0.05) is 41.7 Å². The van der Waals surface area contributed by atoms with Gasteiger partial charge in [-0.25, -0.2) is 4.79 Å². The number of carbonyl (C=O) groups is 2. The molecule has 5 heteroatoms. The molecule has 32 heavy (non-hydrogen) atoms. The van der Waals surface area contributed by atoms with Crippen LogP contribution in [0.1, 0.15) is 68.4 Å². The first-order valence-corrected chi connectivity index (χ1v) is 11.5. The van der Waals surface area contributed by atoms with E-state index in [2.05, 4.69) is 22.4 Å². The Morgan fingerprint density at radius 3 is 2.50 bits per heavy atom. The first-order valence-electron chi connectivity index (χ1n) is 11.5. The normalized spacial score (nSPS) is 23.7. The van der Waals surface area contributed by atoms with Gasteiger partial charge in [-0.05, 0) is 62.1 Å². The standard InChI is InChI=1S/C27H28N2O3/c1-17-24(27(31)32-21-11-5-6-12-21)25(19-10-7-13-28-16-19)26-22(29-17)14-20(15-23(26)30)18-8-3-2-4-9-18/h2-4,7-10,13,16,20-21,25,29H,5-6,11-12,14-15H2,1H3/t20-,25-/m0/s1. The third kappa shape index (κ3) is 3.88. The van der Waals surface area contributed by atoms with Crippen molar-refractivity contribution in [2.75, 3.05) is 0 Å². The zero-order chi connectivity index (χ0) is 22.1. The van der Waals surface area contributed by atoms with Crippen LogP contribution in [0.2, 0.25) is 0 Å². The summed E-state index contributed by atoms with van der Waals surface area (Å²) in [5.41, 5.74) is 4.93. The first kappa shape index (κ1) is 20.7. The van der Waals surface area contributed by atoms with Crippen LogP contribution >= 0.6 is 0 Å². The summed E-state index contributed by atoms with van der Waals surface area (Å²) in [6, 6.07) is 14.0. The summed E-state index contributed by atoms with van der Waals surface area (Å²) < 4.78 is 5.89. The third-order valence-electron chi connectivity index (χ3n) is 6.91. The van der Waals surface area contributed by atoms with Gasteiger partial charge in [-0.3, -0.25) is 9.78 Å². The Balaban J connectivity index is 1.53. The molecule has 1 fully saturated rings. The number of esters is 1. The number of allylic oxidation sites excluding steroid dienone is 3. The number of nitrogens with zero attached hydrogens (tertiary/aromatic N) is 1. The van der Waals surface area contributed by atoms with E-state index in [9.17, 15) is 9.59 Å². The van der Waals surface area contributed by atoms with Gasteiger partial charge in [-0.2, -0.15) is 0 Å². The highest BCUT2D eigenvalue weighted by molar-refractivity contribution is 6.04. The highest BCUT2D eigenvalue weighted by Gasteiger charge is 2.42. The Morgan fingerprint density at radius 1 is 1.03 bits per heavy atom. The Bertz CT molecular complexity index is 1080. The fourth-order valence-corrected chi connectivity index (χ4v) is 5.37. The van der Waals surface area contributed by atoms with Gasteiger partial charge in [0.05, 0.1) is 5.57 Å². The summed E-state index contributed by atoms with van der Waals surface area (Å²) in [4.78, 5) is 31.1. The summed E-state index contributed by atoms with van der Waals surface area (Å²) in [5, 5.41) is 3.42. The van der Waals surface area contributed by atoms with E-state index in [1.807, 2.05) is 37.3 Å². The van der Waals surface area contributed by atoms with Crippen LogP contribution in [0.15, 0.2) is 77.4 Å². The molecule has 1 N–H and O–H groups in total. The average molecular weight is 429 g/mol. The Morgan fingerprint density at radius 2 is 1.78 bits per heavy atom. The summed E-state index contributed by atoms with van der Waals surface area (Å²) in [6.45, 7) is 1.91. The number of benzene rings is 1. The van der Waals surface area contributed by atoms with Crippen molar-refractivity contribution in [2.24, 2.45) is 0 Å². The van der Waals surface area contributed by atoms with E-state index < -0.39 is 5.92 Å². The van der Waals surface area contributed by atoms with E-state index in [0.29, 0.717) is 17.6 Å². The summed E-state index contributed by atoms with van der Waals surface area (Å²) in [6.07, 6.45) is 8.62. The zero-order valence-corrected chi connectivity index (χ0v) is 18.3. The monoisotopic (exact) mass is 428 g/mol. The molecule has 2 aliphatic carbocycles. The molecular weight excluding hydrogens is 400 g/mol. The number of ether oxygens (including phenoxy) is 1. The van der Waals surface area contributed by atoms with Crippen LogP contribution in [-0.2, 0) is 14.3 Å². The lowest BCUT2D eigenvalue weighted by Gasteiger charge is -2.36. The molecule has 3 aliphatic rings. The molecule has 1 aliphatic heterocycles. The van der Waals surface area contributed by atoms with Gasteiger partial charge >= 0.3 is 5.97 Å². The second kappa shape index (κ2) is 8.73. The van der Waals surface area contributed by atoms with Crippen molar-refractivity contribution in [1.82, 2.24) is 10.3 Å². The Kier molecular flexibility index (Phi) is 5.64. The second-order valence-electron chi connectivity index (χ2n) is 9.03. The molecule has 0 bridgehead atoms. The minimum Gasteiger partial charge on any atom is -0.459 e. The minimum atomic E-state index is -0.446. The molecule has 2 aromatic rings. The van der Waals surface area contributed by atoms with E-state index in [0.717, 1.165) is 49.1 Å². The fourth-order valence-electron chi connectivity index (χ4n) is 5.37. The lowest BCUT2D eigenvalue weighted by Crippen LogP contribution is -2.36. The van der Waals surface area contributed by atoms with Crippen LogP contribution in [0, 0.1) is 0 Å². The van der Waals surface area contributed by atoms with Gasteiger partial charge in [-0.15, -0.1) is 0 Å². The molecule has 1 saturated carbocycles. The smallest absolute Gasteiger partial charge is 0.337 e. The van der Waals surface area contributed by atoms with Crippen molar-refractivity contribution in [3.05, 3.63) is 88.5 Å². The SMILES string of the molecule is CC1=C(C(=O)OC2CCCC2)[C@H](c2cccnc2)C2=C(C[C@H](c3ccccc3)CC2=O)N1. The van der Waals surface area contributed by atoms with Gasteiger partial charge in [0.25, 0.3) is 0 Å². The molecule has 0 unspecified atom stereocenters. The number of pyridine rings is 1. The van der Waals surface area contributed by atoms with E-state index in [1.54, 1.807) is 12.4 Å². The van der Waals surface area contributed by atoms with Crippen LogP contribution < -0.4 is 5.32 Å². The molecule has 2 heterocycles. The maximum absolute atomic E-state index is 13.5. The van der Waals surface area contributed by atoms with E-state index in [-0.39, 0.29) is 23.8 Å². The van der Waals surface area contributed by atoms with E-state index in [4.69, 9.17) is 4.74 Å². The van der Waals surface area contributed by atoms with Gasteiger partial charge in [0.1, 0.15) is 6.10 Å². The van der Waals surface area contributed by atoms with Crippen molar-refractivity contribution in [1.29, 1.82) is 0 Å². The lowest BCUT2D eigenvalue weighted by molar-refractivity contribution is -0.144. The molecule has 0 amide bonds. The number of hydrogen-bond acceptors (Lipinski definition) is 5. The number of aromatic nitrogens is 1.